The van der Waals surface area contributed by atoms with Crippen LogP contribution in [0.3, 0.4) is 0 Å². The smallest absolute Gasteiger partial charge is 0.277 e. The molecule has 0 atom stereocenters. The fourth-order valence-corrected chi connectivity index (χ4v) is 1.86. The van der Waals surface area contributed by atoms with E-state index < -0.39 is 5.91 Å². The average molecular weight is 268 g/mol. The Bertz CT molecular complexity index is 795. The van der Waals surface area contributed by atoms with E-state index in [1.165, 1.54) is 12.3 Å². The molecule has 6 heteroatoms. The maximum absolute atomic E-state index is 12.1. The summed E-state index contributed by atoms with van der Waals surface area (Å²) < 4.78 is 1.76. The van der Waals surface area contributed by atoms with Crippen molar-refractivity contribution < 1.29 is 9.90 Å². The molecule has 0 aliphatic rings. The second-order valence-corrected chi connectivity index (χ2v) is 4.42. The monoisotopic (exact) mass is 268 g/mol. The molecule has 3 heterocycles. The van der Waals surface area contributed by atoms with E-state index in [0.717, 1.165) is 5.56 Å². The van der Waals surface area contributed by atoms with Gasteiger partial charge < -0.3 is 14.8 Å². The van der Waals surface area contributed by atoms with E-state index in [-0.39, 0.29) is 17.3 Å². The fraction of sp³-hybridized carbons (Fsp3) is 0.0714. The summed E-state index contributed by atoms with van der Waals surface area (Å²) in [4.78, 5) is 20.2. The second kappa shape index (κ2) is 4.65. The molecule has 0 bridgehead atoms. The Kier molecular flexibility index (Phi) is 2.83. The number of carbonyl (C=O) groups is 1. The molecule has 100 valence electrons. The van der Waals surface area contributed by atoms with Crippen LogP contribution in [0.4, 0.5) is 5.82 Å². The summed E-state index contributed by atoms with van der Waals surface area (Å²) in [5.74, 6) is -0.383. The highest BCUT2D eigenvalue weighted by molar-refractivity contribution is 6.03. The Morgan fingerprint density at radius 1 is 1.40 bits per heavy atom. The van der Waals surface area contributed by atoms with E-state index >= 15 is 0 Å². The predicted octanol–water partition coefficient (Wildman–Crippen LogP) is 2.00. The number of nitrogens with one attached hydrogen (secondary N) is 1. The summed E-state index contributed by atoms with van der Waals surface area (Å²) in [7, 11) is 0. The van der Waals surface area contributed by atoms with Crippen LogP contribution >= 0.6 is 0 Å². The van der Waals surface area contributed by atoms with Gasteiger partial charge >= 0.3 is 0 Å². The summed E-state index contributed by atoms with van der Waals surface area (Å²) in [6.07, 6.45) is 4.96. The minimum atomic E-state index is -0.416. The number of amides is 1. The molecule has 0 radical (unpaired) electrons. The van der Waals surface area contributed by atoms with E-state index in [2.05, 4.69) is 15.3 Å². The van der Waals surface area contributed by atoms with Crippen molar-refractivity contribution in [2.45, 2.75) is 6.92 Å². The molecule has 0 aliphatic carbocycles. The van der Waals surface area contributed by atoms with Crippen molar-refractivity contribution in [3.63, 3.8) is 0 Å². The number of pyridine rings is 2. The van der Waals surface area contributed by atoms with Crippen LogP contribution in [-0.4, -0.2) is 25.4 Å². The van der Waals surface area contributed by atoms with E-state index in [0.29, 0.717) is 5.65 Å². The maximum atomic E-state index is 12.1. The van der Waals surface area contributed by atoms with Crippen LogP contribution in [0.15, 0.2) is 42.9 Å². The van der Waals surface area contributed by atoms with Gasteiger partial charge in [0.05, 0.1) is 0 Å². The predicted molar refractivity (Wildman–Crippen MR) is 73.8 cm³/mol. The lowest BCUT2D eigenvalue weighted by molar-refractivity contribution is 0.102. The van der Waals surface area contributed by atoms with Gasteiger partial charge in [-0.3, -0.25) is 4.79 Å². The molecule has 0 saturated carbocycles. The summed E-state index contributed by atoms with van der Waals surface area (Å²) in [5, 5.41) is 12.1. The van der Waals surface area contributed by atoms with Crippen molar-refractivity contribution in [2.75, 3.05) is 5.32 Å². The van der Waals surface area contributed by atoms with Crippen LogP contribution in [0.5, 0.6) is 5.75 Å². The van der Waals surface area contributed by atoms with Gasteiger partial charge in [0.15, 0.2) is 11.6 Å². The Morgan fingerprint density at radius 2 is 2.25 bits per heavy atom. The van der Waals surface area contributed by atoms with Crippen LogP contribution < -0.4 is 5.32 Å². The molecule has 0 fully saturated rings. The number of rotatable bonds is 2. The van der Waals surface area contributed by atoms with E-state index in [4.69, 9.17) is 0 Å². The molecule has 0 saturated heterocycles. The summed E-state index contributed by atoms with van der Waals surface area (Å²) in [5.41, 5.74) is 2.03. The molecular formula is C14H12N4O2. The van der Waals surface area contributed by atoms with Gasteiger partial charge in [0.25, 0.3) is 5.91 Å². The molecule has 2 N–H and O–H groups in total. The van der Waals surface area contributed by atoms with Crippen LogP contribution in [0.25, 0.3) is 5.65 Å². The molecule has 3 rings (SSSR count). The number of aromatic nitrogens is 3. The van der Waals surface area contributed by atoms with Gasteiger partial charge in [0.2, 0.25) is 0 Å². The SMILES string of the molecule is Cc1ccn2cc(C(=O)Nc3ncccc3O)nc2c1. The zero-order chi connectivity index (χ0) is 14.1. The van der Waals surface area contributed by atoms with E-state index in [9.17, 15) is 9.90 Å². The standard InChI is InChI=1S/C14H12N4O2/c1-9-4-6-18-8-10(16-12(18)7-9)14(20)17-13-11(19)3-2-5-15-13/h2-8,19H,1H3,(H,15,17,20). The van der Waals surface area contributed by atoms with Crippen molar-refractivity contribution in [3.8, 4) is 5.75 Å². The zero-order valence-corrected chi connectivity index (χ0v) is 10.7. The van der Waals surface area contributed by atoms with Crippen molar-refractivity contribution >= 4 is 17.4 Å². The first kappa shape index (κ1) is 12.2. The Balaban J connectivity index is 1.91. The van der Waals surface area contributed by atoms with Crippen molar-refractivity contribution in [1.29, 1.82) is 0 Å². The highest BCUT2D eigenvalue weighted by Crippen LogP contribution is 2.19. The number of nitrogens with zero attached hydrogens (tertiary/aromatic N) is 3. The normalized spacial score (nSPS) is 10.7. The van der Waals surface area contributed by atoms with E-state index in [1.54, 1.807) is 16.7 Å². The number of aryl methyl sites for hydroxylation is 1. The summed E-state index contributed by atoms with van der Waals surface area (Å²) in [6, 6.07) is 6.85. The van der Waals surface area contributed by atoms with Crippen LogP contribution in [0.2, 0.25) is 0 Å². The molecule has 6 nitrogen and oxygen atoms in total. The summed E-state index contributed by atoms with van der Waals surface area (Å²) >= 11 is 0. The molecule has 0 spiro atoms. The second-order valence-electron chi connectivity index (χ2n) is 4.42. The quantitative estimate of drug-likeness (QED) is 0.745. The number of imidazole rings is 1. The van der Waals surface area contributed by atoms with Gasteiger partial charge in [-0.1, -0.05) is 0 Å². The lowest BCUT2D eigenvalue weighted by atomic mass is 10.3. The molecule has 1 amide bonds. The summed E-state index contributed by atoms with van der Waals surface area (Å²) in [6.45, 7) is 1.96. The molecule has 20 heavy (non-hydrogen) atoms. The van der Waals surface area contributed by atoms with Gasteiger partial charge in [-0.05, 0) is 36.8 Å². The average Bonchev–Trinajstić information content (AvgIpc) is 2.84. The number of hydrogen-bond acceptors (Lipinski definition) is 4. The topological polar surface area (TPSA) is 79.5 Å². The van der Waals surface area contributed by atoms with Gasteiger partial charge in [0.1, 0.15) is 11.3 Å². The highest BCUT2D eigenvalue weighted by Gasteiger charge is 2.13. The number of fused-ring (bicyclic) bond motifs is 1. The Labute approximate surface area is 114 Å². The zero-order valence-electron chi connectivity index (χ0n) is 10.7. The van der Waals surface area contributed by atoms with Crippen LogP contribution in [0, 0.1) is 6.92 Å². The minimum Gasteiger partial charge on any atom is -0.504 e. The van der Waals surface area contributed by atoms with Gasteiger partial charge in [-0.2, -0.15) is 0 Å². The molecule has 3 aromatic heterocycles. The first-order valence-electron chi connectivity index (χ1n) is 6.04. The third-order valence-electron chi connectivity index (χ3n) is 2.87. The largest absolute Gasteiger partial charge is 0.504 e. The molecule has 3 aromatic rings. The van der Waals surface area contributed by atoms with Crippen LogP contribution in [-0.2, 0) is 0 Å². The van der Waals surface area contributed by atoms with Gasteiger partial charge in [-0.15, -0.1) is 0 Å². The van der Waals surface area contributed by atoms with E-state index in [1.807, 2.05) is 25.3 Å². The van der Waals surface area contributed by atoms with Gasteiger partial charge in [0, 0.05) is 18.6 Å². The fourth-order valence-electron chi connectivity index (χ4n) is 1.86. The third kappa shape index (κ3) is 2.18. The first-order valence-corrected chi connectivity index (χ1v) is 6.04. The first-order chi connectivity index (χ1) is 9.63. The molecule has 0 aromatic carbocycles. The molecule has 0 unspecified atom stereocenters. The van der Waals surface area contributed by atoms with Crippen LogP contribution in [0.1, 0.15) is 16.1 Å². The maximum Gasteiger partial charge on any atom is 0.277 e. The minimum absolute atomic E-state index is 0.0829. The molecular weight excluding hydrogens is 256 g/mol. The molecule has 0 aliphatic heterocycles. The number of hydrogen-bond donors (Lipinski definition) is 2. The van der Waals surface area contributed by atoms with Gasteiger partial charge in [-0.25, -0.2) is 9.97 Å². The van der Waals surface area contributed by atoms with Crippen molar-refractivity contribution in [2.24, 2.45) is 0 Å². The highest BCUT2D eigenvalue weighted by atomic mass is 16.3. The van der Waals surface area contributed by atoms with Crippen molar-refractivity contribution in [1.82, 2.24) is 14.4 Å². The number of aromatic hydroxyl groups is 1. The Morgan fingerprint density at radius 3 is 3.05 bits per heavy atom. The lowest BCUT2D eigenvalue weighted by Crippen LogP contribution is -2.13. The lowest BCUT2D eigenvalue weighted by Gasteiger charge is -2.03. The number of carbonyl (C=O) groups excluding carboxylic acids is 1. The Hall–Kier alpha value is -2.89. The number of anilines is 1. The van der Waals surface area contributed by atoms with Crippen molar-refractivity contribution in [3.05, 3.63) is 54.1 Å². The third-order valence-corrected chi connectivity index (χ3v) is 2.87.